The summed E-state index contributed by atoms with van der Waals surface area (Å²) in [7, 11) is 0. The number of carbonyl (C=O) groups is 4. The van der Waals surface area contributed by atoms with Crippen LogP contribution in [0.5, 0.6) is 0 Å². The molecule has 0 radical (unpaired) electrons. The maximum absolute atomic E-state index is 15.5. The first-order valence-corrected chi connectivity index (χ1v) is 40.1. The molecule has 0 aliphatic carbocycles. The van der Waals surface area contributed by atoms with Gasteiger partial charge in [0.2, 0.25) is 13.4 Å². The average molecular weight is 1520 g/mol. The molecule has 0 fully saturated rings. The minimum Gasteiger partial charge on any atom is -0.457 e. The van der Waals surface area contributed by atoms with Gasteiger partial charge in [-0.3, -0.25) is 0 Å². The van der Waals surface area contributed by atoms with Gasteiger partial charge in [0.1, 0.15) is 26.4 Å². The summed E-state index contributed by atoms with van der Waals surface area (Å²) in [6, 6.07) is 125. The van der Waals surface area contributed by atoms with Gasteiger partial charge in [-0.05, 0) is 227 Å². The van der Waals surface area contributed by atoms with Crippen molar-refractivity contribution in [2.75, 3.05) is 0 Å². The summed E-state index contributed by atoms with van der Waals surface area (Å²) in [5, 5.41) is 6.11. The fraction of sp³-hybridized carbons (Fsp3) is 0.0370. The first-order valence-electron chi connectivity index (χ1n) is 40.1. The topological polar surface area (TPSA) is 105 Å². The maximum atomic E-state index is 15.5. The van der Waals surface area contributed by atoms with E-state index in [9.17, 15) is 9.59 Å². The highest BCUT2D eigenvalue weighted by Crippen LogP contribution is 2.55. The first-order chi connectivity index (χ1) is 58.2. The molecule has 0 saturated carbocycles. The van der Waals surface area contributed by atoms with E-state index >= 15 is 9.59 Å². The molecular formula is C108H68B2O8. The van der Waals surface area contributed by atoms with Gasteiger partial charge in [-0.25, -0.2) is 19.2 Å². The van der Waals surface area contributed by atoms with Crippen molar-refractivity contribution in [1.82, 2.24) is 0 Å². The number of esters is 4. The van der Waals surface area contributed by atoms with Crippen LogP contribution >= 0.6 is 0 Å². The number of hydrogen-bond acceptors (Lipinski definition) is 8. The van der Waals surface area contributed by atoms with E-state index in [0.29, 0.717) is 22.3 Å². The molecule has 22 rings (SSSR count). The Kier molecular flexibility index (Phi) is 16.9. The second kappa shape index (κ2) is 28.5. The molecule has 0 spiro atoms. The predicted molar refractivity (Wildman–Crippen MR) is 476 cm³/mol. The second-order valence-corrected chi connectivity index (χ2v) is 31.1. The summed E-state index contributed by atoms with van der Waals surface area (Å²) in [4.78, 5) is 60.5. The molecule has 0 aromatic heterocycles. The smallest absolute Gasteiger partial charge is 0.338 e. The number of benzene rings is 18. The summed E-state index contributed by atoms with van der Waals surface area (Å²) in [6.07, 6.45) is 0. The van der Waals surface area contributed by atoms with E-state index in [0.717, 1.165) is 199 Å². The second-order valence-electron chi connectivity index (χ2n) is 31.1. The zero-order chi connectivity index (χ0) is 78.6. The van der Waals surface area contributed by atoms with Crippen LogP contribution in [-0.2, 0) is 45.4 Å². The molecule has 4 aliphatic heterocycles. The lowest BCUT2D eigenvalue weighted by molar-refractivity contribution is 0.0464. The van der Waals surface area contributed by atoms with E-state index in [1.165, 1.54) is 0 Å². The van der Waals surface area contributed by atoms with Crippen molar-refractivity contribution in [3.63, 3.8) is 0 Å². The monoisotopic (exact) mass is 1510 g/mol. The van der Waals surface area contributed by atoms with Gasteiger partial charge in [0.15, 0.2) is 0 Å². The molecule has 0 bridgehead atoms. The van der Waals surface area contributed by atoms with Crippen LogP contribution in [0.1, 0.15) is 63.7 Å². The zero-order valence-electron chi connectivity index (χ0n) is 63.9. The van der Waals surface area contributed by atoms with Gasteiger partial charge < -0.3 is 18.9 Å². The van der Waals surface area contributed by atoms with E-state index in [-0.39, 0.29) is 26.4 Å². The van der Waals surface area contributed by atoms with Gasteiger partial charge in [-0.2, -0.15) is 0 Å². The number of rotatable bonds is 18. The van der Waals surface area contributed by atoms with Crippen molar-refractivity contribution >= 4 is 102 Å². The van der Waals surface area contributed by atoms with E-state index in [4.69, 9.17) is 18.9 Å². The van der Waals surface area contributed by atoms with Crippen LogP contribution in [0.15, 0.2) is 364 Å². The Morgan fingerprint density at radius 2 is 0.466 bits per heavy atom. The normalized spacial score (nSPS) is 12.1. The third-order valence-electron chi connectivity index (χ3n) is 24.4. The quantitative estimate of drug-likeness (QED) is 0.0362. The summed E-state index contributed by atoms with van der Waals surface area (Å²) < 4.78 is 25.1. The van der Waals surface area contributed by atoms with Crippen LogP contribution in [0.2, 0.25) is 0 Å². The van der Waals surface area contributed by atoms with E-state index < -0.39 is 37.3 Å². The molecule has 10 heteroatoms. The van der Waals surface area contributed by atoms with Crippen molar-refractivity contribution in [3.05, 3.63) is 408 Å². The fourth-order valence-electron chi connectivity index (χ4n) is 19.3. The Morgan fingerprint density at radius 1 is 0.203 bits per heavy atom. The number of fused-ring (bicyclic) bond motifs is 10. The zero-order valence-corrected chi connectivity index (χ0v) is 63.9. The molecule has 0 N–H and O–H groups in total. The molecule has 0 atom stereocenters. The Labute approximate surface area is 682 Å². The highest BCUT2D eigenvalue weighted by atomic mass is 16.5. The lowest BCUT2D eigenvalue weighted by Crippen LogP contribution is -2.53. The van der Waals surface area contributed by atoms with Gasteiger partial charge in [-0.1, -0.05) is 336 Å². The number of carbonyl (C=O) groups excluding carboxylic acids is 4. The van der Waals surface area contributed by atoms with Crippen LogP contribution in [0.3, 0.4) is 0 Å². The lowest BCUT2D eigenvalue weighted by atomic mass is 9.34. The Balaban J connectivity index is 0.898. The molecule has 0 amide bonds. The first kappa shape index (κ1) is 69.7. The van der Waals surface area contributed by atoms with E-state index in [1.54, 1.807) is 0 Å². The molecule has 0 unspecified atom stereocenters. The van der Waals surface area contributed by atoms with Gasteiger partial charge in [0, 0.05) is 0 Å². The molecule has 8 nitrogen and oxygen atoms in total. The van der Waals surface area contributed by atoms with Crippen LogP contribution in [0, 0.1) is 0 Å². The van der Waals surface area contributed by atoms with Crippen LogP contribution < -0.4 is 32.8 Å². The highest BCUT2D eigenvalue weighted by molar-refractivity contribution is 7.03. The molecule has 18 aromatic rings. The number of ether oxygens (including phenoxy) is 4. The molecule has 554 valence electrons. The highest BCUT2D eigenvalue weighted by Gasteiger charge is 2.47. The lowest BCUT2D eigenvalue weighted by Gasteiger charge is -2.33. The summed E-state index contributed by atoms with van der Waals surface area (Å²) >= 11 is 0. The molecule has 18 aromatic carbocycles. The Morgan fingerprint density at radius 3 is 0.763 bits per heavy atom. The molecule has 4 aliphatic rings. The molecular weight excluding hydrogens is 1450 g/mol. The van der Waals surface area contributed by atoms with Crippen molar-refractivity contribution in [3.8, 4) is 111 Å². The molecule has 4 heterocycles. The van der Waals surface area contributed by atoms with Crippen molar-refractivity contribution < 1.29 is 38.1 Å². The van der Waals surface area contributed by atoms with Crippen LogP contribution in [-0.4, -0.2) is 37.3 Å². The van der Waals surface area contributed by atoms with Crippen molar-refractivity contribution in [2.24, 2.45) is 0 Å². The summed E-state index contributed by atoms with van der Waals surface area (Å²) in [5.74, 6) is -1.91. The van der Waals surface area contributed by atoms with E-state index in [1.807, 2.05) is 158 Å². The van der Waals surface area contributed by atoms with E-state index in [2.05, 4.69) is 206 Å². The molecule has 0 saturated heterocycles. The summed E-state index contributed by atoms with van der Waals surface area (Å²) in [5.41, 5.74) is 30.1. The van der Waals surface area contributed by atoms with Gasteiger partial charge in [0.05, 0.1) is 22.3 Å². The predicted octanol–water partition coefficient (Wildman–Crippen LogP) is 21.0. The van der Waals surface area contributed by atoms with Crippen LogP contribution in [0.4, 0.5) is 0 Å². The maximum Gasteiger partial charge on any atom is 0.338 e. The third-order valence-corrected chi connectivity index (χ3v) is 24.4. The standard InChI is InChI=1S/C108H68B2O8/c111-105(115-61-65-27-9-1-10-28-65)73-47-49-93-81(51-73)89-53-75(107(113)117-63-67-31-13-3-14-32-67)55-91-85-57-83(97-77(69-35-17-5-18-36-69)43-25-44-78(97)70-37-19-6-20-38-70)88-60-96-100-86(58-84(87-59-95(109(93)103(89)91)99(85)101(88)102(87)100)98-79(71-39-21-7-22-40-71)45-26-46-80(98)72-41-23-8-24-42-72)92-56-76(108(114)118-64-68-33-15-4-16-34-68)54-90-82-52-74(48-50-94(82)110(96)104(90)92)106(112)116-62-66-29-11-2-12-30-66/h1-60H,61-64H2. The minimum absolute atomic E-state index is 0.0512. The Bertz CT molecular complexity index is 6620. The number of hydrogen-bond donors (Lipinski definition) is 0. The van der Waals surface area contributed by atoms with Gasteiger partial charge in [0.25, 0.3) is 0 Å². The average Bonchev–Trinajstić information content (AvgIpc) is 1.20. The van der Waals surface area contributed by atoms with Gasteiger partial charge in [-0.15, -0.1) is 0 Å². The third kappa shape index (κ3) is 11.6. The van der Waals surface area contributed by atoms with Gasteiger partial charge >= 0.3 is 23.9 Å². The Hall–Kier alpha value is -15.0. The minimum atomic E-state index is -0.488. The largest absolute Gasteiger partial charge is 0.457 e. The molecule has 118 heavy (non-hydrogen) atoms. The van der Waals surface area contributed by atoms with Crippen molar-refractivity contribution in [2.45, 2.75) is 26.4 Å². The van der Waals surface area contributed by atoms with Crippen LogP contribution in [0.25, 0.3) is 144 Å². The SMILES string of the molecule is O=C(OCc1ccccc1)c1ccc2c(c1)-c1cc(C(=O)OCc3ccccc3)cc3c1B2c1cc2c(-c4c(-c5ccccc5)cccc4-c4ccccc4)cc4c5c(cc6c(-c7c(-c8ccccc8)cccc7-c7ccccc7)cc-3c1c6c25)B1c2ccc(C(=O)OCc3ccccc3)cc2-c2cc(C(=O)OCc3ccccc3)cc-4c21. The summed E-state index contributed by atoms with van der Waals surface area (Å²) in [6.45, 7) is -0.603. The van der Waals surface area contributed by atoms with Crippen molar-refractivity contribution in [1.29, 1.82) is 0 Å². The fourth-order valence-corrected chi connectivity index (χ4v) is 19.3.